The van der Waals surface area contributed by atoms with E-state index in [4.69, 9.17) is 0 Å². The molecule has 0 saturated heterocycles. The molecule has 0 aliphatic carbocycles. The first kappa shape index (κ1) is 12.2. The molecule has 1 heterocycles. The lowest BCUT2D eigenvalue weighted by Gasteiger charge is -2.15. The lowest BCUT2D eigenvalue weighted by Crippen LogP contribution is -2.23. The van der Waals surface area contributed by atoms with Gasteiger partial charge in [-0.15, -0.1) is 0 Å². The minimum Gasteiger partial charge on any atom is -0.380 e. The predicted octanol–water partition coefficient (Wildman–Crippen LogP) is 2.14. The van der Waals surface area contributed by atoms with E-state index < -0.39 is 0 Å². The van der Waals surface area contributed by atoms with E-state index in [2.05, 4.69) is 40.2 Å². The Kier molecular flexibility index (Phi) is 4.32. The number of hydrogen-bond donors (Lipinski definition) is 1. The number of nitrogens with zero attached hydrogens (tertiary/aromatic N) is 2. The van der Waals surface area contributed by atoms with Crippen LogP contribution in [-0.2, 0) is 7.05 Å². The maximum atomic E-state index is 11.5. The number of aryl methyl sites for hydroxylation is 1. The summed E-state index contributed by atoms with van der Waals surface area (Å²) in [5, 5.41) is 7.22. The lowest BCUT2D eigenvalue weighted by molar-refractivity contribution is 0.677. The molecule has 1 aromatic heterocycles. The zero-order valence-electron chi connectivity index (χ0n) is 9.25. The van der Waals surface area contributed by atoms with Crippen LogP contribution in [0.1, 0.15) is 26.7 Å². The van der Waals surface area contributed by atoms with Crippen molar-refractivity contribution in [3.63, 3.8) is 0 Å². The predicted molar refractivity (Wildman–Crippen MR) is 65.2 cm³/mol. The van der Waals surface area contributed by atoms with Crippen molar-refractivity contribution < 1.29 is 0 Å². The number of halogens is 1. The summed E-state index contributed by atoms with van der Waals surface area (Å²) in [5.74, 6) is 0. The second-order valence-corrected chi connectivity index (χ2v) is 4.43. The van der Waals surface area contributed by atoms with Gasteiger partial charge in [0.1, 0.15) is 4.47 Å². The molecule has 1 rings (SSSR count). The highest BCUT2D eigenvalue weighted by Crippen LogP contribution is 2.17. The first-order valence-electron chi connectivity index (χ1n) is 5.04. The maximum Gasteiger partial charge on any atom is 0.282 e. The summed E-state index contributed by atoms with van der Waals surface area (Å²) < 4.78 is 1.85. The molecule has 1 aromatic rings. The van der Waals surface area contributed by atoms with Crippen molar-refractivity contribution in [2.45, 2.75) is 32.7 Å². The van der Waals surface area contributed by atoms with Gasteiger partial charge < -0.3 is 5.32 Å². The Morgan fingerprint density at radius 3 is 2.93 bits per heavy atom. The molecule has 1 unspecified atom stereocenters. The van der Waals surface area contributed by atoms with Crippen molar-refractivity contribution in [1.29, 1.82) is 0 Å². The van der Waals surface area contributed by atoms with E-state index in [1.807, 2.05) is 0 Å². The number of nitrogens with one attached hydrogen (secondary N) is 1. The number of rotatable bonds is 4. The van der Waals surface area contributed by atoms with Crippen LogP contribution >= 0.6 is 15.9 Å². The van der Waals surface area contributed by atoms with Crippen LogP contribution in [0.25, 0.3) is 0 Å². The summed E-state index contributed by atoms with van der Waals surface area (Å²) in [4.78, 5) is 11.5. The van der Waals surface area contributed by atoms with Gasteiger partial charge in [-0.05, 0) is 29.3 Å². The van der Waals surface area contributed by atoms with Gasteiger partial charge in [0.05, 0.1) is 11.9 Å². The Balaban J connectivity index is 2.87. The first-order chi connectivity index (χ1) is 7.06. The van der Waals surface area contributed by atoms with Gasteiger partial charge in [0.25, 0.3) is 5.56 Å². The van der Waals surface area contributed by atoms with Crippen LogP contribution in [0.2, 0.25) is 0 Å². The largest absolute Gasteiger partial charge is 0.380 e. The van der Waals surface area contributed by atoms with Gasteiger partial charge in [-0.1, -0.05) is 13.3 Å². The Labute approximate surface area is 97.8 Å². The van der Waals surface area contributed by atoms with Crippen LogP contribution in [0, 0.1) is 0 Å². The zero-order valence-corrected chi connectivity index (χ0v) is 10.8. The van der Waals surface area contributed by atoms with Gasteiger partial charge in [0.15, 0.2) is 0 Å². The Hall–Kier alpha value is -0.840. The molecule has 0 saturated carbocycles. The fraction of sp³-hybridized carbons (Fsp3) is 0.600. The van der Waals surface area contributed by atoms with E-state index in [0.717, 1.165) is 18.5 Å². The molecule has 0 aliphatic heterocycles. The average Bonchev–Trinajstić information content (AvgIpc) is 2.20. The summed E-state index contributed by atoms with van der Waals surface area (Å²) in [7, 11) is 1.63. The Bertz CT molecular complexity index is 389. The molecule has 1 N–H and O–H groups in total. The SMILES string of the molecule is CCCC(C)Nc1cnn(C)c(=O)c1Br. The molecule has 0 aromatic carbocycles. The van der Waals surface area contributed by atoms with Crippen molar-refractivity contribution in [1.82, 2.24) is 9.78 Å². The van der Waals surface area contributed by atoms with Crippen LogP contribution in [0.4, 0.5) is 5.69 Å². The number of hydrogen-bond acceptors (Lipinski definition) is 3. The van der Waals surface area contributed by atoms with Crippen LogP contribution < -0.4 is 10.9 Å². The van der Waals surface area contributed by atoms with Crippen molar-refractivity contribution >= 4 is 21.6 Å². The van der Waals surface area contributed by atoms with Crippen LogP contribution in [0.15, 0.2) is 15.5 Å². The quantitative estimate of drug-likeness (QED) is 0.915. The second-order valence-electron chi connectivity index (χ2n) is 3.64. The van der Waals surface area contributed by atoms with E-state index in [1.165, 1.54) is 4.68 Å². The van der Waals surface area contributed by atoms with Crippen molar-refractivity contribution in [3.8, 4) is 0 Å². The minimum atomic E-state index is -0.122. The van der Waals surface area contributed by atoms with Gasteiger partial charge in [-0.25, -0.2) is 4.68 Å². The third-order valence-electron chi connectivity index (χ3n) is 2.20. The third-order valence-corrected chi connectivity index (χ3v) is 2.97. The fourth-order valence-corrected chi connectivity index (χ4v) is 1.86. The standard InChI is InChI=1S/C10H16BrN3O/c1-4-5-7(2)13-8-6-12-14(3)10(15)9(8)11/h6-7,13H,4-5H2,1-3H3. The smallest absolute Gasteiger partial charge is 0.282 e. The van der Waals surface area contributed by atoms with Gasteiger partial charge in [-0.2, -0.15) is 5.10 Å². The molecular formula is C10H16BrN3O. The molecule has 4 nitrogen and oxygen atoms in total. The number of aromatic nitrogens is 2. The molecular weight excluding hydrogens is 258 g/mol. The van der Waals surface area contributed by atoms with Crippen molar-refractivity contribution in [3.05, 3.63) is 21.0 Å². The average molecular weight is 274 g/mol. The van der Waals surface area contributed by atoms with Crippen LogP contribution in [0.3, 0.4) is 0 Å². The molecule has 0 amide bonds. The normalized spacial score (nSPS) is 12.5. The number of anilines is 1. The Morgan fingerprint density at radius 2 is 2.33 bits per heavy atom. The van der Waals surface area contributed by atoms with Crippen molar-refractivity contribution in [2.75, 3.05) is 5.32 Å². The molecule has 0 aliphatic rings. The summed E-state index contributed by atoms with van der Waals surface area (Å²) in [5.41, 5.74) is 0.641. The van der Waals surface area contributed by atoms with E-state index in [0.29, 0.717) is 10.5 Å². The van der Waals surface area contributed by atoms with Gasteiger partial charge in [0, 0.05) is 13.1 Å². The van der Waals surface area contributed by atoms with Gasteiger partial charge in [-0.3, -0.25) is 4.79 Å². The zero-order chi connectivity index (χ0) is 11.4. The van der Waals surface area contributed by atoms with E-state index in [-0.39, 0.29) is 5.56 Å². The molecule has 0 radical (unpaired) electrons. The van der Waals surface area contributed by atoms with E-state index in [9.17, 15) is 4.79 Å². The highest BCUT2D eigenvalue weighted by molar-refractivity contribution is 9.10. The highest BCUT2D eigenvalue weighted by atomic mass is 79.9. The molecule has 5 heteroatoms. The summed E-state index contributed by atoms with van der Waals surface area (Å²) in [6.07, 6.45) is 3.85. The third kappa shape index (κ3) is 3.06. The van der Waals surface area contributed by atoms with Gasteiger partial charge >= 0.3 is 0 Å². The monoisotopic (exact) mass is 273 g/mol. The van der Waals surface area contributed by atoms with E-state index >= 15 is 0 Å². The molecule has 0 spiro atoms. The second kappa shape index (κ2) is 5.30. The summed E-state index contributed by atoms with van der Waals surface area (Å²) in [6.45, 7) is 4.23. The summed E-state index contributed by atoms with van der Waals surface area (Å²) in [6, 6.07) is 0.347. The van der Waals surface area contributed by atoms with Crippen LogP contribution in [0.5, 0.6) is 0 Å². The van der Waals surface area contributed by atoms with Crippen molar-refractivity contribution in [2.24, 2.45) is 7.05 Å². The highest BCUT2D eigenvalue weighted by Gasteiger charge is 2.08. The molecule has 0 fully saturated rings. The van der Waals surface area contributed by atoms with E-state index in [1.54, 1.807) is 13.2 Å². The fourth-order valence-electron chi connectivity index (χ4n) is 1.38. The minimum absolute atomic E-state index is 0.122. The molecule has 1 atom stereocenters. The Morgan fingerprint density at radius 1 is 1.67 bits per heavy atom. The lowest BCUT2D eigenvalue weighted by atomic mass is 10.2. The molecule has 84 valence electrons. The maximum absolute atomic E-state index is 11.5. The molecule has 15 heavy (non-hydrogen) atoms. The molecule has 0 bridgehead atoms. The summed E-state index contributed by atoms with van der Waals surface area (Å²) >= 11 is 3.27. The first-order valence-corrected chi connectivity index (χ1v) is 5.84. The van der Waals surface area contributed by atoms with Gasteiger partial charge in [0.2, 0.25) is 0 Å². The topological polar surface area (TPSA) is 46.9 Å². The van der Waals surface area contributed by atoms with Crippen LogP contribution in [-0.4, -0.2) is 15.8 Å².